The summed E-state index contributed by atoms with van der Waals surface area (Å²) in [7, 11) is 0. The highest BCUT2D eigenvalue weighted by Crippen LogP contribution is 2.48. The average Bonchev–Trinajstić information content (AvgIpc) is 3.48. The predicted octanol–water partition coefficient (Wildman–Crippen LogP) is 4.32. The number of rotatable bonds is 8. The monoisotopic (exact) mass is 453 g/mol. The van der Waals surface area contributed by atoms with Crippen molar-refractivity contribution in [1.29, 1.82) is 0 Å². The average molecular weight is 454 g/mol. The molecule has 0 aromatic heterocycles. The van der Waals surface area contributed by atoms with Crippen LogP contribution in [0.3, 0.4) is 0 Å². The summed E-state index contributed by atoms with van der Waals surface area (Å²) in [5.41, 5.74) is 11.9. The van der Waals surface area contributed by atoms with Gasteiger partial charge in [0.2, 0.25) is 0 Å². The van der Waals surface area contributed by atoms with E-state index in [4.69, 9.17) is 10.5 Å². The molecule has 0 saturated carbocycles. The largest absolute Gasteiger partial charge is 0.398 e. The molecular weight excluding hydrogens is 430 g/mol. The molecular formula is C26H23N5O3. The van der Waals surface area contributed by atoms with Crippen LogP contribution in [0.1, 0.15) is 11.1 Å². The first-order valence-electron chi connectivity index (χ1n) is 11.0. The predicted molar refractivity (Wildman–Crippen MR) is 132 cm³/mol. The SMILES string of the molecule is NC(=C(C=Nc1ccccc1)C1OCC(=O)N1CCc1ccc2c(c1)N2N=O)c1ccccc1. The van der Waals surface area contributed by atoms with E-state index in [9.17, 15) is 9.70 Å². The van der Waals surface area contributed by atoms with Crippen molar-refractivity contribution in [2.45, 2.75) is 12.6 Å². The Morgan fingerprint density at radius 1 is 1.03 bits per heavy atom. The van der Waals surface area contributed by atoms with Gasteiger partial charge in [0, 0.05) is 24.0 Å². The highest BCUT2D eigenvalue weighted by atomic mass is 16.5. The van der Waals surface area contributed by atoms with Gasteiger partial charge in [0.1, 0.15) is 6.61 Å². The van der Waals surface area contributed by atoms with E-state index < -0.39 is 6.23 Å². The lowest BCUT2D eigenvalue weighted by Gasteiger charge is -2.25. The van der Waals surface area contributed by atoms with Gasteiger partial charge in [-0.25, -0.2) is 0 Å². The van der Waals surface area contributed by atoms with Gasteiger partial charge >= 0.3 is 0 Å². The minimum Gasteiger partial charge on any atom is -0.398 e. The smallest absolute Gasteiger partial charge is 0.250 e. The fourth-order valence-corrected chi connectivity index (χ4v) is 4.04. The van der Waals surface area contributed by atoms with Crippen LogP contribution in [0.25, 0.3) is 5.70 Å². The minimum absolute atomic E-state index is 0.0254. The van der Waals surface area contributed by atoms with Gasteiger partial charge in [0.05, 0.1) is 22.3 Å². The number of hydrogen-bond donors (Lipinski definition) is 1. The normalized spacial score (nSPS) is 17.6. The molecule has 0 aliphatic carbocycles. The van der Waals surface area contributed by atoms with Crippen molar-refractivity contribution in [3.63, 3.8) is 0 Å². The molecule has 0 spiro atoms. The molecule has 3 aromatic rings. The third-order valence-electron chi connectivity index (χ3n) is 5.91. The second-order valence-corrected chi connectivity index (χ2v) is 8.05. The van der Waals surface area contributed by atoms with Crippen LogP contribution in [0.2, 0.25) is 0 Å². The Morgan fingerprint density at radius 3 is 2.50 bits per heavy atom. The Morgan fingerprint density at radius 2 is 1.76 bits per heavy atom. The van der Waals surface area contributed by atoms with Gasteiger partial charge < -0.3 is 15.4 Å². The van der Waals surface area contributed by atoms with Crippen LogP contribution in [-0.4, -0.2) is 36.4 Å². The van der Waals surface area contributed by atoms with Crippen molar-refractivity contribution >= 4 is 34.9 Å². The third-order valence-corrected chi connectivity index (χ3v) is 5.91. The number of carbonyl (C=O) groups excluding carboxylic acids is 1. The third kappa shape index (κ3) is 4.31. The van der Waals surface area contributed by atoms with Crippen LogP contribution in [0.15, 0.2) is 94.7 Å². The molecule has 1 fully saturated rings. The molecule has 1 amide bonds. The van der Waals surface area contributed by atoms with Crippen LogP contribution in [-0.2, 0) is 16.0 Å². The lowest BCUT2D eigenvalue weighted by molar-refractivity contribution is -0.127. The van der Waals surface area contributed by atoms with Gasteiger partial charge in [-0.05, 0) is 41.8 Å². The Bertz CT molecular complexity index is 1270. The van der Waals surface area contributed by atoms with Crippen molar-refractivity contribution in [2.75, 3.05) is 18.2 Å². The second-order valence-electron chi connectivity index (χ2n) is 8.05. The van der Waals surface area contributed by atoms with Gasteiger partial charge in [-0.2, -0.15) is 5.01 Å². The molecule has 2 aliphatic heterocycles. The first-order chi connectivity index (χ1) is 16.7. The van der Waals surface area contributed by atoms with Crippen molar-refractivity contribution in [3.05, 3.63) is 100 Å². The van der Waals surface area contributed by atoms with E-state index >= 15 is 0 Å². The zero-order valence-electron chi connectivity index (χ0n) is 18.4. The fourth-order valence-electron chi connectivity index (χ4n) is 4.04. The quantitative estimate of drug-likeness (QED) is 0.311. The number of aliphatic imine (C=N–C) groups is 1. The van der Waals surface area contributed by atoms with Crippen molar-refractivity contribution in [1.82, 2.24) is 4.90 Å². The number of nitrogens with two attached hydrogens (primary N) is 1. The number of fused-ring (bicyclic) bond motifs is 1. The van der Waals surface area contributed by atoms with Crippen molar-refractivity contribution < 1.29 is 9.53 Å². The van der Waals surface area contributed by atoms with Gasteiger partial charge in [0.25, 0.3) is 5.91 Å². The second kappa shape index (κ2) is 9.29. The molecule has 2 heterocycles. The zero-order chi connectivity index (χ0) is 23.5. The van der Waals surface area contributed by atoms with Gasteiger partial charge in [-0.15, -0.1) is 4.91 Å². The highest BCUT2D eigenvalue weighted by molar-refractivity contribution is 5.94. The standard InChI is InChI=1S/C26H23N5O3/c27-25(19-7-3-1-4-8-19)21(16-28-20-9-5-2-6-10-20)26-30(24(32)17-34-26)14-13-18-11-12-22-23(15-18)31(22)29-33/h1-12,15-16,26H,13-14,17,27H2. The number of hydrogen-bond acceptors (Lipinski definition) is 6. The summed E-state index contributed by atoms with van der Waals surface area (Å²) >= 11 is 0. The van der Waals surface area contributed by atoms with E-state index in [1.807, 2.05) is 78.9 Å². The zero-order valence-corrected chi connectivity index (χ0v) is 18.4. The molecule has 1 unspecified atom stereocenters. The number of nitrogens with zero attached hydrogens (tertiary/aromatic N) is 4. The summed E-state index contributed by atoms with van der Waals surface area (Å²) in [5.74, 6) is -0.112. The van der Waals surface area contributed by atoms with Gasteiger partial charge in [-0.1, -0.05) is 54.6 Å². The number of anilines is 2. The van der Waals surface area contributed by atoms with E-state index in [0.717, 1.165) is 28.2 Å². The summed E-state index contributed by atoms with van der Waals surface area (Å²) in [6, 6.07) is 24.8. The topological polar surface area (TPSA) is 100 Å². The number of carbonyl (C=O) groups is 1. The maximum Gasteiger partial charge on any atom is 0.250 e. The Balaban J connectivity index is 1.42. The summed E-state index contributed by atoms with van der Waals surface area (Å²) in [6.45, 7) is 0.407. The maximum absolute atomic E-state index is 12.7. The molecule has 2 aliphatic rings. The van der Waals surface area contributed by atoms with Gasteiger partial charge in [0.15, 0.2) is 6.23 Å². The number of nitroso groups, excluding NO2 is 1. The van der Waals surface area contributed by atoms with E-state index in [2.05, 4.69) is 10.3 Å². The highest BCUT2D eigenvalue weighted by Gasteiger charge is 2.36. The van der Waals surface area contributed by atoms with E-state index in [0.29, 0.717) is 24.2 Å². The fraction of sp³-hybridized carbons (Fsp3) is 0.154. The summed E-state index contributed by atoms with van der Waals surface area (Å²) in [4.78, 5) is 29.8. The minimum atomic E-state index is -0.655. The van der Waals surface area contributed by atoms with Crippen LogP contribution < -0.4 is 10.7 Å². The Labute approximate surface area is 196 Å². The molecule has 2 N–H and O–H groups in total. The molecule has 1 saturated heterocycles. The molecule has 5 rings (SSSR count). The van der Waals surface area contributed by atoms with Crippen molar-refractivity contribution in [2.24, 2.45) is 16.0 Å². The lowest BCUT2D eigenvalue weighted by atomic mass is 10.1. The number of para-hydroxylation sites is 1. The summed E-state index contributed by atoms with van der Waals surface area (Å²) in [5, 5.41) is 4.30. The Hall–Kier alpha value is -4.30. The Kier molecular flexibility index (Phi) is 5.88. The molecule has 34 heavy (non-hydrogen) atoms. The summed E-state index contributed by atoms with van der Waals surface area (Å²) in [6.07, 6.45) is 1.62. The first-order valence-corrected chi connectivity index (χ1v) is 11.0. The molecule has 0 radical (unpaired) electrons. The van der Waals surface area contributed by atoms with Crippen molar-refractivity contribution in [3.8, 4) is 0 Å². The van der Waals surface area contributed by atoms with E-state index in [1.54, 1.807) is 11.1 Å². The van der Waals surface area contributed by atoms with Crippen LogP contribution in [0.4, 0.5) is 17.1 Å². The maximum atomic E-state index is 12.7. The summed E-state index contributed by atoms with van der Waals surface area (Å²) < 4.78 is 5.91. The number of amides is 1. The molecule has 8 nitrogen and oxygen atoms in total. The molecule has 8 heteroatoms. The van der Waals surface area contributed by atoms with E-state index in [1.165, 1.54) is 5.01 Å². The number of benzene rings is 3. The molecule has 170 valence electrons. The molecule has 0 bridgehead atoms. The van der Waals surface area contributed by atoms with Crippen LogP contribution in [0, 0.1) is 4.91 Å². The molecule has 1 atom stereocenters. The van der Waals surface area contributed by atoms with E-state index in [-0.39, 0.29) is 12.5 Å². The first kappa shape index (κ1) is 21.5. The molecule has 3 aromatic carbocycles. The number of ether oxygens (including phenoxy) is 1. The van der Waals surface area contributed by atoms with Gasteiger partial charge in [-0.3, -0.25) is 9.79 Å². The lowest BCUT2D eigenvalue weighted by Crippen LogP contribution is -2.38. The van der Waals surface area contributed by atoms with Crippen LogP contribution in [0.5, 0.6) is 0 Å². The van der Waals surface area contributed by atoms with Crippen LogP contribution >= 0.6 is 0 Å².